The quantitative estimate of drug-likeness (QED) is 0.550. The van der Waals surface area contributed by atoms with Gasteiger partial charge in [0.05, 0.1) is 0 Å². The number of hydrogen-bond donors (Lipinski definition) is 0. The maximum atomic E-state index is 10.7. The lowest BCUT2D eigenvalue weighted by molar-refractivity contribution is -0.168. The highest BCUT2D eigenvalue weighted by molar-refractivity contribution is 5.86. The molecule has 0 amide bonds. The number of ether oxygens (including phenoxy) is 1. The van der Waals surface area contributed by atoms with Crippen molar-refractivity contribution in [2.45, 2.75) is 38.7 Å². The molecule has 0 heterocycles. The molecule has 2 rings (SSSR count). The molecule has 2 aliphatic carbocycles. The zero-order valence-electron chi connectivity index (χ0n) is 7.13. The molecule has 2 saturated carbocycles. The van der Waals surface area contributed by atoms with Crippen LogP contribution in [0.5, 0.6) is 0 Å². The Morgan fingerprint density at radius 2 is 2.08 bits per heavy atom. The third kappa shape index (κ3) is 1.13. The molecule has 0 aromatic rings. The molecular formula is C9H12O3. The highest BCUT2D eigenvalue weighted by atomic mass is 16.5. The van der Waals surface area contributed by atoms with Gasteiger partial charge >= 0.3 is 5.97 Å². The van der Waals surface area contributed by atoms with Crippen molar-refractivity contribution < 1.29 is 14.3 Å². The Bertz CT molecular complexity index is 228. The molecule has 0 aliphatic heterocycles. The number of carbonyl (C=O) groups is 2. The van der Waals surface area contributed by atoms with E-state index in [0.717, 1.165) is 12.8 Å². The number of ketones is 1. The van der Waals surface area contributed by atoms with Gasteiger partial charge in [-0.25, -0.2) is 0 Å². The monoisotopic (exact) mass is 168 g/mol. The van der Waals surface area contributed by atoms with Crippen molar-refractivity contribution in [3.63, 3.8) is 0 Å². The van der Waals surface area contributed by atoms with Crippen LogP contribution in [-0.4, -0.2) is 17.9 Å². The van der Waals surface area contributed by atoms with E-state index in [2.05, 4.69) is 0 Å². The second kappa shape index (κ2) is 2.31. The second-order valence-electron chi connectivity index (χ2n) is 4.03. The van der Waals surface area contributed by atoms with E-state index in [4.69, 9.17) is 4.74 Å². The lowest BCUT2D eigenvalue weighted by Gasteiger charge is -2.51. The van der Waals surface area contributed by atoms with Crippen molar-refractivity contribution in [1.82, 2.24) is 0 Å². The van der Waals surface area contributed by atoms with Gasteiger partial charge in [0.1, 0.15) is 11.9 Å². The van der Waals surface area contributed by atoms with Crippen LogP contribution in [0.1, 0.15) is 32.6 Å². The van der Waals surface area contributed by atoms with Gasteiger partial charge in [-0.15, -0.1) is 0 Å². The van der Waals surface area contributed by atoms with Crippen molar-refractivity contribution in [2.24, 2.45) is 5.41 Å². The number of rotatable bonds is 1. The van der Waals surface area contributed by atoms with Gasteiger partial charge in [0.15, 0.2) is 0 Å². The average Bonchev–Trinajstić information content (AvgIpc) is 1.78. The molecule has 66 valence electrons. The molecule has 0 bridgehead atoms. The topological polar surface area (TPSA) is 43.4 Å². The molecule has 0 radical (unpaired) electrons. The SMILES string of the molecule is CC(=O)OC1CC2(CC(=O)C2)C1. The van der Waals surface area contributed by atoms with Gasteiger partial charge < -0.3 is 4.74 Å². The molecule has 12 heavy (non-hydrogen) atoms. The Kier molecular flexibility index (Phi) is 1.50. The summed E-state index contributed by atoms with van der Waals surface area (Å²) in [6.45, 7) is 1.43. The van der Waals surface area contributed by atoms with E-state index < -0.39 is 0 Å². The summed E-state index contributed by atoms with van der Waals surface area (Å²) < 4.78 is 5.00. The van der Waals surface area contributed by atoms with E-state index in [1.165, 1.54) is 6.92 Å². The first-order valence-corrected chi connectivity index (χ1v) is 4.29. The fourth-order valence-corrected chi connectivity index (χ4v) is 2.30. The van der Waals surface area contributed by atoms with E-state index >= 15 is 0 Å². The van der Waals surface area contributed by atoms with E-state index in [1.807, 2.05) is 0 Å². The summed E-state index contributed by atoms with van der Waals surface area (Å²) in [5, 5.41) is 0. The summed E-state index contributed by atoms with van der Waals surface area (Å²) in [5.74, 6) is 0.150. The van der Waals surface area contributed by atoms with Gasteiger partial charge in [0.25, 0.3) is 0 Å². The highest BCUT2D eigenvalue weighted by Crippen LogP contribution is 2.54. The zero-order valence-corrected chi connectivity index (χ0v) is 7.13. The minimum Gasteiger partial charge on any atom is -0.463 e. The van der Waals surface area contributed by atoms with Crippen LogP contribution in [0.15, 0.2) is 0 Å². The molecule has 0 aromatic carbocycles. The molecule has 0 saturated heterocycles. The van der Waals surface area contributed by atoms with Crippen LogP contribution in [0.25, 0.3) is 0 Å². The van der Waals surface area contributed by atoms with Crippen molar-refractivity contribution in [3.8, 4) is 0 Å². The zero-order chi connectivity index (χ0) is 8.77. The van der Waals surface area contributed by atoms with Gasteiger partial charge in [-0.2, -0.15) is 0 Å². The molecular weight excluding hydrogens is 156 g/mol. The summed E-state index contributed by atoms with van der Waals surface area (Å²) in [6, 6.07) is 0. The van der Waals surface area contributed by atoms with E-state index in [-0.39, 0.29) is 17.5 Å². The molecule has 0 aromatic heterocycles. The fraction of sp³-hybridized carbons (Fsp3) is 0.778. The normalized spacial score (nSPS) is 26.2. The third-order valence-electron chi connectivity index (χ3n) is 2.80. The first kappa shape index (κ1) is 7.77. The summed E-state index contributed by atoms with van der Waals surface area (Å²) in [7, 11) is 0. The Hall–Kier alpha value is -0.860. The van der Waals surface area contributed by atoms with Gasteiger partial charge in [0.2, 0.25) is 0 Å². The molecule has 3 nitrogen and oxygen atoms in total. The summed E-state index contributed by atoms with van der Waals surface area (Å²) in [4.78, 5) is 21.3. The van der Waals surface area contributed by atoms with Crippen molar-refractivity contribution in [1.29, 1.82) is 0 Å². The van der Waals surface area contributed by atoms with Crippen LogP contribution in [0, 0.1) is 5.41 Å². The van der Waals surface area contributed by atoms with Crippen LogP contribution in [0.2, 0.25) is 0 Å². The minimum absolute atomic E-state index is 0.0931. The summed E-state index contributed by atoms with van der Waals surface area (Å²) >= 11 is 0. The lowest BCUT2D eigenvalue weighted by atomic mass is 9.54. The van der Waals surface area contributed by atoms with Gasteiger partial charge in [0, 0.05) is 19.8 Å². The predicted octanol–water partition coefficient (Wildman–Crippen LogP) is 1.06. The van der Waals surface area contributed by atoms with Crippen LogP contribution in [0.4, 0.5) is 0 Å². The van der Waals surface area contributed by atoms with Crippen molar-refractivity contribution in [2.75, 3.05) is 0 Å². The molecule has 0 atom stereocenters. The smallest absolute Gasteiger partial charge is 0.302 e. The van der Waals surface area contributed by atoms with Crippen LogP contribution in [0.3, 0.4) is 0 Å². The third-order valence-corrected chi connectivity index (χ3v) is 2.80. The Balaban J connectivity index is 1.77. The maximum absolute atomic E-state index is 10.7. The first-order valence-electron chi connectivity index (χ1n) is 4.29. The van der Waals surface area contributed by atoms with E-state index in [0.29, 0.717) is 18.6 Å². The Labute approximate surface area is 71.1 Å². The molecule has 0 unspecified atom stereocenters. The Morgan fingerprint density at radius 1 is 1.50 bits per heavy atom. The molecule has 2 fully saturated rings. The summed E-state index contributed by atoms with van der Waals surface area (Å²) in [5.41, 5.74) is 0.247. The molecule has 0 N–H and O–H groups in total. The lowest BCUT2D eigenvalue weighted by Crippen LogP contribution is -2.51. The van der Waals surface area contributed by atoms with Gasteiger partial charge in [-0.1, -0.05) is 0 Å². The molecule has 1 spiro atoms. The number of esters is 1. The van der Waals surface area contributed by atoms with Crippen LogP contribution >= 0.6 is 0 Å². The van der Waals surface area contributed by atoms with E-state index in [1.54, 1.807) is 0 Å². The number of hydrogen-bond acceptors (Lipinski definition) is 3. The summed E-state index contributed by atoms with van der Waals surface area (Å²) in [6.07, 6.45) is 3.32. The number of Topliss-reactive ketones (excluding diaryl/α,β-unsaturated/α-hetero) is 1. The van der Waals surface area contributed by atoms with Crippen molar-refractivity contribution >= 4 is 11.8 Å². The van der Waals surface area contributed by atoms with Crippen molar-refractivity contribution in [3.05, 3.63) is 0 Å². The van der Waals surface area contributed by atoms with Crippen LogP contribution < -0.4 is 0 Å². The fourth-order valence-electron chi connectivity index (χ4n) is 2.30. The standard InChI is InChI=1S/C9H12O3/c1-6(10)12-8-4-9(5-8)2-7(11)3-9/h8H,2-5H2,1H3. The van der Waals surface area contributed by atoms with E-state index in [9.17, 15) is 9.59 Å². The minimum atomic E-state index is -0.208. The largest absolute Gasteiger partial charge is 0.463 e. The Morgan fingerprint density at radius 3 is 2.50 bits per heavy atom. The second-order valence-corrected chi connectivity index (χ2v) is 4.03. The predicted molar refractivity (Wildman–Crippen MR) is 41.5 cm³/mol. The molecule has 3 heteroatoms. The first-order chi connectivity index (χ1) is 5.60. The highest BCUT2D eigenvalue weighted by Gasteiger charge is 2.53. The maximum Gasteiger partial charge on any atom is 0.302 e. The average molecular weight is 168 g/mol. The number of carbonyl (C=O) groups excluding carboxylic acids is 2. The van der Waals surface area contributed by atoms with Crippen LogP contribution in [-0.2, 0) is 14.3 Å². The molecule has 2 aliphatic rings. The van der Waals surface area contributed by atoms with Gasteiger partial charge in [-0.3, -0.25) is 9.59 Å². The van der Waals surface area contributed by atoms with Gasteiger partial charge in [-0.05, 0) is 18.3 Å².